The van der Waals surface area contributed by atoms with Gasteiger partial charge in [-0.2, -0.15) is 0 Å². The first-order valence-electron chi connectivity index (χ1n) is 11.0. The molecule has 0 bridgehead atoms. The number of carbonyl (C=O) groups excluding carboxylic acids is 3. The smallest absolute Gasteiger partial charge is 0.412 e. The Kier molecular flexibility index (Phi) is 6.65. The zero-order chi connectivity index (χ0) is 24.7. The van der Waals surface area contributed by atoms with Crippen molar-refractivity contribution < 1.29 is 19.1 Å². The first-order chi connectivity index (χ1) is 16.8. The van der Waals surface area contributed by atoms with Gasteiger partial charge in [0.2, 0.25) is 12.1 Å². The average molecular weight is 532 g/mol. The second-order valence-electron chi connectivity index (χ2n) is 8.21. The Morgan fingerprint density at radius 1 is 1.06 bits per heavy atom. The number of halogens is 1. The summed E-state index contributed by atoms with van der Waals surface area (Å²) >= 11 is 9.02. The lowest BCUT2D eigenvalue weighted by atomic mass is 10.2. The van der Waals surface area contributed by atoms with Crippen LogP contribution in [0.1, 0.15) is 6.92 Å². The molecule has 182 valence electrons. The van der Waals surface area contributed by atoms with Gasteiger partial charge in [-0.15, -0.1) is 23.5 Å². The van der Waals surface area contributed by atoms with Gasteiger partial charge in [-0.25, -0.2) is 19.7 Å². The fraction of sp³-hybridized carbons (Fsp3) is 0.348. The number of carbonyl (C=O) groups is 3. The molecule has 35 heavy (non-hydrogen) atoms. The summed E-state index contributed by atoms with van der Waals surface area (Å²) in [4.78, 5) is 53.4. The van der Waals surface area contributed by atoms with Crippen LogP contribution in [0.2, 0.25) is 5.15 Å². The molecule has 1 atom stereocenters. The van der Waals surface area contributed by atoms with Crippen LogP contribution in [0.3, 0.4) is 0 Å². The molecule has 2 aromatic heterocycles. The van der Waals surface area contributed by atoms with E-state index in [9.17, 15) is 14.4 Å². The van der Waals surface area contributed by atoms with Crippen LogP contribution in [0.15, 0.2) is 46.2 Å². The van der Waals surface area contributed by atoms with Crippen LogP contribution in [0.5, 0.6) is 0 Å². The van der Waals surface area contributed by atoms with Crippen LogP contribution in [0.25, 0.3) is 11.0 Å². The highest BCUT2D eigenvalue weighted by molar-refractivity contribution is 8.10. The van der Waals surface area contributed by atoms with E-state index in [1.165, 1.54) is 28.4 Å². The molecule has 1 saturated heterocycles. The molecule has 0 saturated carbocycles. The molecule has 3 aliphatic rings. The van der Waals surface area contributed by atoms with Crippen LogP contribution in [-0.2, 0) is 14.3 Å². The molecule has 0 radical (unpaired) electrons. The standard InChI is InChI=1S/C23H22ClN5O4S2/c1-13(2)20(30)27-7-9-28(10-8-27)23(32)33-22-18-17(34-11-12-35-18)21(31)29(22)16-6-4-14-3-5-15(24)25-19(14)26-16/h3-6,22H,1,7-12H2,2H3. The first-order valence-corrected chi connectivity index (χ1v) is 13.4. The quantitative estimate of drug-likeness (QED) is 0.438. The Bertz CT molecular complexity index is 1280. The minimum atomic E-state index is -0.915. The molecule has 1 fully saturated rings. The lowest BCUT2D eigenvalue weighted by molar-refractivity contribution is -0.128. The lowest BCUT2D eigenvalue weighted by Gasteiger charge is -2.35. The van der Waals surface area contributed by atoms with Gasteiger partial charge in [-0.3, -0.25) is 9.59 Å². The van der Waals surface area contributed by atoms with Gasteiger partial charge in [-0.05, 0) is 31.2 Å². The van der Waals surface area contributed by atoms with E-state index in [1.807, 2.05) is 6.07 Å². The summed E-state index contributed by atoms with van der Waals surface area (Å²) in [5, 5.41) is 1.08. The molecule has 1 unspecified atom stereocenters. The van der Waals surface area contributed by atoms with Gasteiger partial charge in [0, 0.05) is 48.6 Å². The second kappa shape index (κ2) is 9.71. The molecular weight excluding hydrogens is 510 g/mol. The number of rotatable bonds is 3. The van der Waals surface area contributed by atoms with Crippen LogP contribution in [-0.4, -0.2) is 81.6 Å². The number of fused-ring (bicyclic) bond motifs is 1. The van der Waals surface area contributed by atoms with Gasteiger partial charge in [0.05, 0.1) is 9.81 Å². The third kappa shape index (κ3) is 4.60. The highest BCUT2D eigenvalue weighted by atomic mass is 35.5. The van der Waals surface area contributed by atoms with E-state index in [4.69, 9.17) is 16.3 Å². The van der Waals surface area contributed by atoms with Crippen molar-refractivity contribution in [3.05, 3.63) is 51.4 Å². The molecule has 0 aromatic carbocycles. The van der Waals surface area contributed by atoms with Gasteiger partial charge < -0.3 is 14.5 Å². The predicted molar refractivity (Wildman–Crippen MR) is 137 cm³/mol. The minimum absolute atomic E-state index is 0.118. The van der Waals surface area contributed by atoms with Crippen molar-refractivity contribution in [1.29, 1.82) is 0 Å². The summed E-state index contributed by atoms with van der Waals surface area (Å²) in [7, 11) is 0. The molecule has 0 spiro atoms. The number of pyridine rings is 2. The first kappa shape index (κ1) is 24.0. The number of hydrogen-bond acceptors (Lipinski definition) is 8. The monoisotopic (exact) mass is 531 g/mol. The lowest BCUT2D eigenvalue weighted by Crippen LogP contribution is -2.52. The van der Waals surface area contributed by atoms with E-state index >= 15 is 0 Å². The Balaban J connectivity index is 1.39. The van der Waals surface area contributed by atoms with E-state index < -0.39 is 12.3 Å². The van der Waals surface area contributed by atoms with E-state index in [-0.39, 0.29) is 11.8 Å². The Labute approximate surface area is 215 Å². The Morgan fingerprint density at radius 2 is 1.74 bits per heavy atom. The molecule has 2 aromatic rings. The van der Waals surface area contributed by atoms with Crippen molar-refractivity contribution in [1.82, 2.24) is 19.8 Å². The highest BCUT2D eigenvalue weighted by Gasteiger charge is 2.45. The summed E-state index contributed by atoms with van der Waals surface area (Å²) in [5.41, 5.74) is 0.863. The van der Waals surface area contributed by atoms with Gasteiger partial charge in [0.25, 0.3) is 5.91 Å². The summed E-state index contributed by atoms with van der Waals surface area (Å²) in [5.74, 6) is 1.57. The number of thioether (sulfide) groups is 2. The number of amides is 3. The number of nitrogens with zero attached hydrogens (tertiary/aromatic N) is 5. The number of piperazine rings is 1. The van der Waals surface area contributed by atoms with Gasteiger partial charge in [0.1, 0.15) is 11.0 Å². The van der Waals surface area contributed by atoms with Crippen molar-refractivity contribution >= 4 is 69.9 Å². The molecule has 3 amide bonds. The zero-order valence-corrected chi connectivity index (χ0v) is 21.3. The number of hydrogen-bond donors (Lipinski definition) is 0. The molecule has 3 aliphatic heterocycles. The Morgan fingerprint density at radius 3 is 2.49 bits per heavy atom. The van der Waals surface area contributed by atoms with Crippen molar-refractivity contribution in [2.24, 2.45) is 0 Å². The number of aromatic nitrogens is 2. The van der Waals surface area contributed by atoms with Crippen molar-refractivity contribution in [2.45, 2.75) is 13.2 Å². The van der Waals surface area contributed by atoms with E-state index in [0.29, 0.717) is 53.3 Å². The number of ether oxygens (including phenoxy) is 1. The predicted octanol–water partition coefficient (Wildman–Crippen LogP) is 3.50. The molecule has 5 heterocycles. The largest absolute Gasteiger partial charge is 0.420 e. The van der Waals surface area contributed by atoms with Crippen LogP contribution >= 0.6 is 35.1 Å². The van der Waals surface area contributed by atoms with E-state index in [0.717, 1.165) is 21.8 Å². The number of anilines is 1. The van der Waals surface area contributed by atoms with Gasteiger partial charge in [-0.1, -0.05) is 18.2 Å². The molecule has 9 nitrogen and oxygen atoms in total. The SMILES string of the molecule is C=C(C)C(=O)N1CCN(C(=O)OC2C3=C(SCCS3)C(=O)N2c2ccc3ccc(Cl)nc3n2)CC1. The van der Waals surface area contributed by atoms with Crippen LogP contribution in [0.4, 0.5) is 10.6 Å². The fourth-order valence-corrected chi connectivity index (χ4v) is 6.64. The summed E-state index contributed by atoms with van der Waals surface area (Å²) in [6, 6.07) is 7.00. The minimum Gasteiger partial charge on any atom is -0.420 e. The highest BCUT2D eigenvalue weighted by Crippen LogP contribution is 2.45. The summed E-state index contributed by atoms with van der Waals surface area (Å²) in [6.45, 7) is 6.83. The van der Waals surface area contributed by atoms with E-state index in [2.05, 4.69) is 16.5 Å². The maximum absolute atomic E-state index is 13.4. The molecule has 12 heteroatoms. The Hall–Kier alpha value is -2.76. The maximum atomic E-state index is 13.4. The van der Waals surface area contributed by atoms with Crippen LogP contribution < -0.4 is 4.90 Å². The van der Waals surface area contributed by atoms with E-state index in [1.54, 1.807) is 34.9 Å². The average Bonchev–Trinajstić information content (AvgIpc) is 3.14. The molecular formula is C23H22ClN5O4S2. The summed E-state index contributed by atoms with van der Waals surface area (Å²) in [6.07, 6.45) is -1.45. The molecule has 0 aliphatic carbocycles. The normalized spacial score (nSPS) is 20.3. The van der Waals surface area contributed by atoms with Crippen molar-refractivity contribution in [2.75, 3.05) is 42.6 Å². The maximum Gasteiger partial charge on any atom is 0.412 e. The van der Waals surface area contributed by atoms with Gasteiger partial charge >= 0.3 is 6.09 Å². The molecule has 5 rings (SSSR count). The third-order valence-electron chi connectivity index (χ3n) is 5.84. The molecule has 0 N–H and O–H groups in total. The summed E-state index contributed by atoms with van der Waals surface area (Å²) < 4.78 is 5.93. The topological polar surface area (TPSA) is 95.9 Å². The fourth-order valence-electron chi connectivity index (χ4n) is 4.08. The zero-order valence-electron chi connectivity index (χ0n) is 18.9. The third-order valence-corrected chi connectivity index (χ3v) is 8.65. The second-order valence-corrected chi connectivity index (χ2v) is 10.8. The van der Waals surface area contributed by atoms with Crippen molar-refractivity contribution in [3.63, 3.8) is 0 Å². The van der Waals surface area contributed by atoms with Crippen LogP contribution in [0, 0.1) is 0 Å². The van der Waals surface area contributed by atoms with Crippen molar-refractivity contribution in [3.8, 4) is 0 Å². The van der Waals surface area contributed by atoms with Gasteiger partial charge in [0.15, 0.2) is 5.65 Å².